The van der Waals surface area contributed by atoms with Gasteiger partial charge in [-0.05, 0) is 109 Å². The summed E-state index contributed by atoms with van der Waals surface area (Å²) in [6.45, 7) is 6.35. The lowest BCUT2D eigenvalue weighted by Crippen LogP contribution is -2.47. The summed E-state index contributed by atoms with van der Waals surface area (Å²) in [5.74, 6) is -2.21. The zero-order chi connectivity index (χ0) is 46.5. The number of aldehydes is 1. The Morgan fingerprint density at radius 1 is 0.879 bits per heavy atom. The third kappa shape index (κ3) is 9.64. The van der Waals surface area contributed by atoms with Crippen molar-refractivity contribution in [2.45, 2.75) is 51.1 Å². The van der Waals surface area contributed by atoms with Crippen molar-refractivity contribution >= 4 is 64.1 Å². The molecule has 0 radical (unpaired) electrons. The van der Waals surface area contributed by atoms with Crippen molar-refractivity contribution in [3.05, 3.63) is 119 Å². The quantitative estimate of drug-likeness (QED) is 0.0464. The number of piperidine rings is 1. The zero-order valence-corrected chi connectivity index (χ0v) is 36.9. The fraction of sp³-hybridized carbons (Fsp3) is 0.300. The van der Waals surface area contributed by atoms with Gasteiger partial charge >= 0.3 is 0 Å². The molecule has 4 aromatic carbocycles. The predicted octanol–water partition coefficient (Wildman–Crippen LogP) is 5.35. The Bertz CT molecular complexity index is 2670. The van der Waals surface area contributed by atoms with Gasteiger partial charge in [0.25, 0.3) is 5.91 Å². The van der Waals surface area contributed by atoms with Crippen molar-refractivity contribution in [3.8, 4) is 22.3 Å². The summed E-state index contributed by atoms with van der Waals surface area (Å²) in [7, 11) is 1.59. The van der Waals surface area contributed by atoms with Crippen LogP contribution >= 0.6 is 0 Å². The fourth-order valence-electron chi connectivity index (χ4n) is 9.10. The molecule has 66 heavy (non-hydrogen) atoms. The van der Waals surface area contributed by atoms with Crippen LogP contribution in [0.3, 0.4) is 0 Å². The first-order valence-corrected chi connectivity index (χ1v) is 22.2. The van der Waals surface area contributed by atoms with Gasteiger partial charge in [-0.25, -0.2) is 4.39 Å². The molecule has 4 heterocycles. The maximum Gasteiger partial charge on any atom is 0.274 e. The molecule has 3 fully saturated rings. The fourth-order valence-corrected chi connectivity index (χ4v) is 9.10. The largest absolute Gasteiger partial charge is 0.387 e. The number of halogens is 1. The van der Waals surface area contributed by atoms with Gasteiger partial charge in [-0.3, -0.25) is 34.8 Å². The molecule has 8 rings (SSSR count). The minimum atomic E-state index is -0.845. The number of dihydropyridines is 1. The number of nitrogens with one attached hydrogen (secondary N) is 7. The summed E-state index contributed by atoms with van der Waals surface area (Å²) in [4.78, 5) is 68.2. The van der Waals surface area contributed by atoms with E-state index in [0.717, 1.165) is 67.9 Å². The topological polar surface area (TPSA) is 203 Å². The molecule has 0 aliphatic carbocycles. The Morgan fingerprint density at radius 2 is 1.64 bits per heavy atom. The van der Waals surface area contributed by atoms with E-state index in [0.29, 0.717) is 59.6 Å². The van der Waals surface area contributed by atoms with E-state index < -0.39 is 29.5 Å². The molecule has 7 N–H and O–H groups in total. The molecular formula is C50H53FN10O5. The van der Waals surface area contributed by atoms with E-state index in [4.69, 9.17) is 10.8 Å². The van der Waals surface area contributed by atoms with E-state index in [1.807, 2.05) is 48.5 Å². The predicted molar refractivity (Wildman–Crippen MR) is 255 cm³/mol. The number of piperazine rings is 1. The van der Waals surface area contributed by atoms with E-state index in [1.54, 1.807) is 49.2 Å². The summed E-state index contributed by atoms with van der Waals surface area (Å²) in [5.41, 5.74) is 6.58. The number of hydrogen-bond acceptors (Lipinski definition) is 12. The van der Waals surface area contributed by atoms with Crippen LogP contribution < -0.4 is 36.4 Å². The van der Waals surface area contributed by atoms with Crippen LogP contribution in [0.25, 0.3) is 22.3 Å². The first kappa shape index (κ1) is 45.1. The second-order valence-corrected chi connectivity index (χ2v) is 16.8. The van der Waals surface area contributed by atoms with Crippen LogP contribution in [0, 0.1) is 16.6 Å². The van der Waals surface area contributed by atoms with Crippen molar-refractivity contribution in [1.82, 2.24) is 20.9 Å². The molecular weight excluding hydrogens is 840 g/mol. The highest BCUT2D eigenvalue weighted by Gasteiger charge is 2.29. The number of hydrogen-bond donors (Lipinski definition) is 7. The molecule has 0 spiro atoms. The van der Waals surface area contributed by atoms with E-state index in [1.165, 1.54) is 12.3 Å². The molecule has 2 unspecified atom stereocenters. The number of amides is 4. The molecule has 2 atom stereocenters. The van der Waals surface area contributed by atoms with Gasteiger partial charge in [0.15, 0.2) is 0 Å². The summed E-state index contributed by atoms with van der Waals surface area (Å²) in [6, 6.07) is 21.5. The smallest absolute Gasteiger partial charge is 0.274 e. The van der Waals surface area contributed by atoms with Gasteiger partial charge in [0.05, 0.1) is 5.56 Å². The second kappa shape index (κ2) is 19.7. The van der Waals surface area contributed by atoms with Crippen LogP contribution in [0.1, 0.15) is 49.3 Å². The molecule has 4 aliphatic rings. The molecule has 16 heteroatoms. The molecule has 0 aromatic heterocycles. The number of imide groups is 1. The third-order valence-corrected chi connectivity index (χ3v) is 12.6. The average molecular weight is 893 g/mol. The summed E-state index contributed by atoms with van der Waals surface area (Å²) < 4.78 is 17.0. The molecule has 4 amide bonds. The number of benzene rings is 4. The van der Waals surface area contributed by atoms with Crippen LogP contribution in [0.5, 0.6) is 0 Å². The first-order valence-electron chi connectivity index (χ1n) is 22.2. The number of carbonyl (C=O) groups excluding carboxylic acids is 5. The van der Waals surface area contributed by atoms with Crippen LogP contribution in [0.4, 0.5) is 27.1 Å². The number of allylic oxidation sites excluding steroid dienone is 1. The lowest BCUT2D eigenvalue weighted by atomic mass is 9.91. The summed E-state index contributed by atoms with van der Waals surface area (Å²) in [6.07, 6.45) is 7.83. The number of anilines is 4. The van der Waals surface area contributed by atoms with Crippen molar-refractivity contribution in [1.29, 1.82) is 10.8 Å². The van der Waals surface area contributed by atoms with Crippen molar-refractivity contribution in [2.24, 2.45) is 0 Å². The van der Waals surface area contributed by atoms with E-state index in [2.05, 4.69) is 36.4 Å². The zero-order valence-electron chi connectivity index (χ0n) is 36.9. The van der Waals surface area contributed by atoms with Gasteiger partial charge in [-0.1, -0.05) is 30.3 Å². The van der Waals surface area contributed by atoms with Gasteiger partial charge in [0.1, 0.15) is 29.9 Å². The molecule has 3 saturated heterocycles. The van der Waals surface area contributed by atoms with Gasteiger partial charge < -0.3 is 41.3 Å². The summed E-state index contributed by atoms with van der Waals surface area (Å²) >= 11 is 0. The van der Waals surface area contributed by atoms with Gasteiger partial charge in [-0.15, -0.1) is 0 Å². The Kier molecular flexibility index (Phi) is 13.5. The highest BCUT2D eigenvalue weighted by Crippen LogP contribution is 2.40. The standard InChI is InChI=1S/C50H53FN10O5/c1-30(52)45-32(5-3-6-41(45)57-42-16-17-43(63)58-49(42)65)19-22-59-23-25-60(26-24-59)35-10-8-31(9-11-35)39-28-36(61-21-4-7-44(61)64)12-13-37(39)38-14-15-40(54-2)46(47(38)51)48(53)50(66)56-33-18-20-55-34(27-33)29-62/h3,5-6,8-15,18,20,27-29,34,42,52-55,57H,4,7,16-17,19,21-26H2,1-2H3,(H,56,66)(H,58,63,65). The van der Waals surface area contributed by atoms with Gasteiger partial charge in [0, 0.05) is 104 Å². The minimum absolute atomic E-state index is 0.0215. The van der Waals surface area contributed by atoms with Gasteiger partial charge in [0.2, 0.25) is 17.7 Å². The molecule has 0 saturated carbocycles. The maximum atomic E-state index is 17.0. The second-order valence-electron chi connectivity index (χ2n) is 16.8. The SMILES string of the molecule is CNc1ccc(-c2ccc(N3CCCC3=O)cc2-c2ccc(N3CCN(CCc4cccc(NC5CCC(=O)NC5=O)c4C(C)=N)CC3)cc2)c(F)c1C(=N)C(=O)NC1=CC(C=O)NC=C1. The van der Waals surface area contributed by atoms with Crippen LogP contribution in [0.15, 0.2) is 96.8 Å². The third-order valence-electron chi connectivity index (χ3n) is 12.6. The Balaban J connectivity index is 0.992. The average Bonchev–Trinajstić information content (AvgIpc) is 3.77. The Hall–Kier alpha value is -7.46. The normalized spacial score (nSPS) is 18.6. The van der Waals surface area contributed by atoms with E-state index in [9.17, 15) is 24.0 Å². The number of rotatable bonds is 15. The van der Waals surface area contributed by atoms with Crippen molar-refractivity contribution < 1.29 is 28.4 Å². The van der Waals surface area contributed by atoms with Crippen LogP contribution in [-0.4, -0.2) is 105 Å². The minimum Gasteiger partial charge on any atom is -0.387 e. The first-order chi connectivity index (χ1) is 31.9. The Morgan fingerprint density at radius 3 is 2.33 bits per heavy atom. The van der Waals surface area contributed by atoms with Crippen molar-refractivity contribution in [2.75, 3.05) is 66.7 Å². The summed E-state index contributed by atoms with van der Waals surface area (Å²) in [5, 5.41) is 31.5. The molecule has 4 aromatic rings. The lowest BCUT2D eigenvalue weighted by molar-refractivity contribution is -0.133. The van der Waals surface area contributed by atoms with Crippen LogP contribution in [-0.2, 0) is 30.4 Å². The van der Waals surface area contributed by atoms with Crippen LogP contribution in [0.2, 0.25) is 0 Å². The van der Waals surface area contributed by atoms with E-state index >= 15 is 4.39 Å². The molecule has 4 aliphatic heterocycles. The maximum absolute atomic E-state index is 17.0. The van der Waals surface area contributed by atoms with E-state index in [-0.39, 0.29) is 41.0 Å². The number of carbonyl (C=O) groups is 5. The Labute approximate surface area is 382 Å². The monoisotopic (exact) mass is 892 g/mol. The highest BCUT2D eigenvalue weighted by molar-refractivity contribution is 6.45. The highest BCUT2D eigenvalue weighted by atomic mass is 19.1. The lowest BCUT2D eigenvalue weighted by Gasteiger charge is -2.36. The van der Waals surface area contributed by atoms with Gasteiger partial charge in [-0.2, -0.15) is 0 Å². The number of nitrogens with zero attached hydrogens (tertiary/aromatic N) is 3. The molecule has 0 bridgehead atoms. The molecule has 15 nitrogen and oxygen atoms in total. The van der Waals surface area contributed by atoms with Crippen molar-refractivity contribution in [3.63, 3.8) is 0 Å². The molecule has 340 valence electrons.